The Bertz CT molecular complexity index is 726. The molecule has 0 atom stereocenters. The van der Waals surface area contributed by atoms with Crippen molar-refractivity contribution in [2.75, 3.05) is 32.7 Å². The zero-order valence-corrected chi connectivity index (χ0v) is 15.4. The molecule has 1 aliphatic rings. The summed E-state index contributed by atoms with van der Waals surface area (Å²) in [6, 6.07) is 2.12. The third-order valence-electron chi connectivity index (χ3n) is 5.15. The molecule has 1 heterocycles. The highest BCUT2D eigenvalue weighted by molar-refractivity contribution is 7.89. The van der Waals surface area contributed by atoms with Gasteiger partial charge in [0.15, 0.2) is 0 Å². The number of sulfonamides is 1. The Morgan fingerprint density at radius 3 is 1.74 bits per heavy atom. The molecule has 0 unspecified atom stereocenters. The molecule has 5 nitrogen and oxygen atoms in total. The molecule has 1 fully saturated rings. The van der Waals surface area contributed by atoms with Crippen LogP contribution in [0.1, 0.15) is 27.8 Å². The molecule has 1 aromatic rings. The molecule has 0 N–H and O–H groups in total. The van der Waals surface area contributed by atoms with E-state index in [1.807, 2.05) is 39.5 Å². The number of hydrogen-bond acceptors (Lipinski definition) is 4. The Morgan fingerprint density at radius 2 is 1.30 bits per heavy atom. The lowest BCUT2D eigenvalue weighted by atomic mass is 9.95. The third kappa shape index (κ3) is 3.14. The van der Waals surface area contributed by atoms with E-state index in [1.54, 1.807) is 4.31 Å². The Kier molecular flexibility index (Phi) is 5.14. The van der Waals surface area contributed by atoms with Gasteiger partial charge in [-0.2, -0.15) is 9.57 Å². The topological polar surface area (TPSA) is 64.4 Å². The summed E-state index contributed by atoms with van der Waals surface area (Å²) in [5.41, 5.74) is 4.97. The maximum absolute atomic E-state index is 13.2. The summed E-state index contributed by atoms with van der Waals surface area (Å²) < 4.78 is 27.9. The minimum atomic E-state index is -3.50. The van der Waals surface area contributed by atoms with Gasteiger partial charge in [0.1, 0.15) is 0 Å². The summed E-state index contributed by atoms with van der Waals surface area (Å²) in [4.78, 5) is 2.45. The fourth-order valence-corrected chi connectivity index (χ4v) is 5.19. The summed E-state index contributed by atoms with van der Waals surface area (Å²) in [7, 11) is -3.50. The predicted octanol–water partition coefficient (Wildman–Crippen LogP) is 2.06. The van der Waals surface area contributed by atoms with Crippen LogP contribution < -0.4 is 0 Å². The van der Waals surface area contributed by atoms with Crippen molar-refractivity contribution < 1.29 is 8.42 Å². The first-order valence-corrected chi connectivity index (χ1v) is 9.32. The van der Waals surface area contributed by atoms with Crippen LogP contribution in [-0.4, -0.2) is 50.3 Å². The standard InChI is InChI=1S/C17H25N3O2S/c1-12-13(2)15(4)17(16(5)14(12)3)23(21,22)20-10-8-19(7-6-18)9-11-20/h7-11H2,1-5H3. The van der Waals surface area contributed by atoms with Crippen molar-refractivity contribution in [3.8, 4) is 6.07 Å². The number of benzene rings is 1. The number of piperazine rings is 1. The van der Waals surface area contributed by atoms with E-state index in [2.05, 4.69) is 6.07 Å². The van der Waals surface area contributed by atoms with E-state index in [-0.39, 0.29) is 0 Å². The van der Waals surface area contributed by atoms with Gasteiger partial charge in [0.05, 0.1) is 17.5 Å². The van der Waals surface area contributed by atoms with Crippen LogP contribution in [0.2, 0.25) is 0 Å². The van der Waals surface area contributed by atoms with E-state index in [9.17, 15) is 8.42 Å². The second-order valence-corrected chi connectivity index (χ2v) is 8.17. The molecule has 1 aromatic carbocycles. The summed E-state index contributed by atoms with van der Waals surface area (Å²) >= 11 is 0. The third-order valence-corrected chi connectivity index (χ3v) is 7.33. The maximum Gasteiger partial charge on any atom is 0.243 e. The first kappa shape index (κ1) is 17.9. The molecule has 23 heavy (non-hydrogen) atoms. The van der Waals surface area contributed by atoms with Crippen LogP contribution in [0.3, 0.4) is 0 Å². The van der Waals surface area contributed by atoms with E-state index < -0.39 is 10.0 Å². The van der Waals surface area contributed by atoms with E-state index >= 15 is 0 Å². The molecule has 0 saturated carbocycles. The van der Waals surface area contributed by atoms with Crippen molar-refractivity contribution in [3.05, 3.63) is 27.8 Å². The Labute approximate surface area is 139 Å². The first-order valence-electron chi connectivity index (χ1n) is 7.88. The second kappa shape index (κ2) is 6.60. The van der Waals surface area contributed by atoms with Crippen LogP contribution in [0.25, 0.3) is 0 Å². The van der Waals surface area contributed by atoms with Crippen LogP contribution >= 0.6 is 0 Å². The van der Waals surface area contributed by atoms with Crippen molar-refractivity contribution >= 4 is 10.0 Å². The summed E-state index contributed by atoms with van der Waals surface area (Å²) in [5.74, 6) is 0. The minimum Gasteiger partial charge on any atom is -0.288 e. The van der Waals surface area contributed by atoms with Crippen LogP contribution in [0, 0.1) is 45.9 Å². The number of nitriles is 1. The highest BCUT2D eigenvalue weighted by Gasteiger charge is 2.32. The molecule has 0 spiro atoms. The largest absolute Gasteiger partial charge is 0.288 e. The highest BCUT2D eigenvalue weighted by Crippen LogP contribution is 2.31. The predicted molar refractivity (Wildman–Crippen MR) is 90.9 cm³/mol. The van der Waals surface area contributed by atoms with Crippen molar-refractivity contribution in [3.63, 3.8) is 0 Å². The van der Waals surface area contributed by atoms with Gasteiger partial charge in [-0.15, -0.1) is 0 Å². The lowest BCUT2D eigenvalue weighted by Crippen LogP contribution is -2.48. The van der Waals surface area contributed by atoms with Gasteiger partial charge in [0.25, 0.3) is 0 Å². The average molecular weight is 335 g/mol. The van der Waals surface area contributed by atoms with Gasteiger partial charge in [0, 0.05) is 26.2 Å². The van der Waals surface area contributed by atoms with Crippen molar-refractivity contribution in [2.24, 2.45) is 0 Å². The second-order valence-electron chi connectivity index (χ2n) is 6.29. The summed E-state index contributed by atoms with van der Waals surface area (Å²) in [6.45, 7) is 12.3. The summed E-state index contributed by atoms with van der Waals surface area (Å²) in [5, 5.41) is 8.76. The molecule has 1 saturated heterocycles. The fourth-order valence-electron chi connectivity index (χ4n) is 3.21. The summed E-state index contributed by atoms with van der Waals surface area (Å²) in [6.07, 6.45) is 0. The maximum atomic E-state index is 13.2. The molecule has 1 aliphatic heterocycles. The van der Waals surface area contributed by atoms with Gasteiger partial charge in [-0.1, -0.05) is 0 Å². The molecule has 126 valence electrons. The Morgan fingerprint density at radius 1 is 0.870 bits per heavy atom. The van der Waals surface area contributed by atoms with Crippen molar-refractivity contribution in [2.45, 2.75) is 39.5 Å². The van der Waals surface area contributed by atoms with Crippen LogP contribution in [0.4, 0.5) is 0 Å². The van der Waals surface area contributed by atoms with Crippen molar-refractivity contribution in [1.82, 2.24) is 9.21 Å². The van der Waals surface area contributed by atoms with Gasteiger partial charge in [0.2, 0.25) is 10.0 Å². The molecule has 0 amide bonds. The van der Waals surface area contributed by atoms with Gasteiger partial charge in [-0.25, -0.2) is 8.42 Å². The van der Waals surface area contributed by atoms with E-state index in [4.69, 9.17) is 5.26 Å². The van der Waals surface area contributed by atoms with Crippen LogP contribution in [-0.2, 0) is 10.0 Å². The normalized spacial score (nSPS) is 17.2. The quantitative estimate of drug-likeness (QED) is 0.793. The van der Waals surface area contributed by atoms with Gasteiger partial charge in [-0.05, 0) is 62.4 Å². The number of hydrogen-bond donors (Lipinski definition) is 0. The van der Waals surface area contributed by atoms with E-state index in [1.165, 1.54) is 0 Å². The SMILES string of the molecule is Cc1c(C)c(C)c(S(=O)(=O)N2CCN(CC#N)CC2)c(C)c1C. The molecule has 2 rings (SSSR count). The first-order chi connectivity index (χ1) is 10.7. The monoisotopic (exact) mass is 335 g/mol. The minimum absolute atomic E-state index is 0.356. The highest BCUT2D eigenvalue weighted by atomic mass is 32.2. The smallest absolute Gasteiger partial charge is 0.243 e. The number of nitrogens with zero attached hydrogens (tertiary/aromatic N) is 3. The van der Waals surface area contributed by atoms with Gasteiger partial charge >= 0.3 is 0 Å². The molecule has 0 aliphatic carbocycles. The molecule has 0 radical (unpaired) electrons. The lowest BCUT2D eigenvalue weighted by Gasteiger charge is -2.33. The van der Waals surface area contributed by atoms with E-state index in [0.717, 1.165) is 27.8 Å². The molecule has 6 heteroatoms. The van der Waals surface area contributed by atoms with Gasteiger partial charge < -0.3 is 0 Å². The lowest BCUT2D eigenvalue weighted by molar-refractivity contribution is 0.206. The van der Waals surface area contributed by atoms with Crippen LogP contribution in [0.5, 0.6) is 0 Å². The zero-order chi connectivity index (χ0) is 17.4. The number of rotatable bonds is 3. The van der Waals surface area contributed by atoms with Gasteiger partial charge in [-0.3, -0.25) is 4.90 Å². The Balaban J connectivity index is 2.41. The average Bonchev–Trinajstić information content (AvgIpc) is 2.52. The van der Waals surface area contributed by atoms with Crippen molar-refractivity contribution in [1.29, 1.82) is 5.26 Å². The fraction of sp³-hybridized carbons (Fsp3) is 0.588. The zero-order valence-electron chi connectivity index (χ0n) is 14.6. The molecule has 0 bridgehead atoms. The van der Waals surface area contributed by atoms with Crippen LogP contribution in [0.15, 0.2) is 4.90 Å². The van der Waals surface area contributed by atoms with E-state index in [0.29, 0.717) is 37.6 Å². The Hall–Kier alpha value is -1.42. The molecular formula is C17H25N3O2S. The molecule has 0 aromatic heterocycles. The molecular weight excluding hydrogens is 310 g/mol.